The SMILES string of the molecule is O=C(COCc1ccsc1)c1ccccc1. The van der Waals surface area contributed by atoms with Crippen LogP contribution in [0.15, 0.2) is 47.2 Å². The normalized spacial score (nSPS) is 10.2. The maximum absolute atomic E-state index is 11.7. The molecule has 0 saturated carbocycles. The maximum atomic E-state index is 11.7. The second-order valence-corrected chi connectivity index (χ2v) is 4.19. The molecule has 2 aromatic rings. The Morgan fingerprint density at radius 3 is 2.69 bits per heavy atom. The average Bonchev–Trinajstić information content (AvgIpc) is 2.83. The monoisotopic (exact) mass is 232 g/mol. The zero-order chi connectivity index (χ0) is 11.2. The summed E-state index contributed by atoms with van der Waals surface area (Å²) in [7, 11) is 0. The lowest BCUT2D eigenvalue weighted by atomic mass is 10.1. The number of Topliss-reactive ketones (excluding diaryl/α,β-unsaturated/α-hetero) is 1. The molecule has 3 heteroatoms. The van der Waals surface area contributed by atoms with Gasteiger partial charge in [-0.3, -0.25) is 4.79 Å². The highest BCUT2D eigenvalue weighted by molar-refractivity contribution is 7.07. The summed E-state index contributed by atoms with van der Waals surface area (Å²) in [6.07, 6.45) is 0. The van der Waals surface area contributed by atoms with Crippen LogP contribution in [0.2, 0.25) is 0 Å². The molecule has 0 amide bonds. The molecule has 0 aliphatic carbocycles. The van der Waals surface area contributed by atoms with E-state index in [1.54, 1.807) is 23.5 Å². The molecule has 0 spiro atoms. The first-order chi connectivity index (χ1) is 7.86. The minimum atomic E-state index is 0.0239. The highest BCUT2D eigenvalue weighted by Crippen LogP contribution is 2.07. The van der Waals surface area contributed by atoms with Crippen molar-refractivity contribution in [2.75, 3.05) is 6.61 Å². The number of hydrogen-bond donors (Lipinski definition) is 0. The predicted octanol–water partition coefficient (Wildman–Crippen LogP) is 3.15. The van der Waals surface area contributed by atoms with E-state index in [9.17, 15) is 4.79 Å². The fourth-order valence-electron chi connectivity index (χ4n) is 1.34. The largest absolute Gasteiger partial charge is 0.369 e. The van der Waals surface area contributed by atoms with E-state index in [0.717, 1.165) is 5.56 Å². The van der Waals surface area contributed by atoms with Gasteiger partial charge >= 0.3 is 0 Å². The van der Waals surface area contributed by atoms with Gasteiger partial charge in [0.15, 0.2) is 5.78 Å². The van der Waals surface area contributed by atoms with Crippen molar-refractivity contribution < 1.29 is 9.53 Å². The second kappa shape index (κ2) is 5.58. The number of hydrogen-bond acceptors (Lipinski definition) is 3. The van der Waals surface area contributed by atoms with E-state index in [1.165, 1.54) is 0 Å². The second-order valence-electron chi connectivity index (χ2n) is 3.41. The third-order valence-electron chi connectivity index (χ3n) is 2.18. The van der Waals surface area contributed by atoms with E-state index >= 15 is 0 Å². The van der Waals surface area contributed by atoms with E-state index in [1.807, 2.05) is 35.0 Å². The number of thiophene rings is 1. The van der Waals surface area contributed by atoms with E-state index in [-0.39, 0.29) is 12.4 Å². The first-order valence-corrected chi connectivity index (χ1v) is 5.97. The standard InChI is InChI=1S/C13H12O2S/c14-13(12-4-2-1-3-5-12)9-15-8-11-6-7-16-10-11/h1-7,10H,8-9H2. The third-order valence-corrected chi connectivity index (χ3v) is 2.91. The van der Waals surface area contributed by atoms with Crippen LogP contribution in [0.3, 0.4) is 0 Å². The highest BCUT2D eigenvalue weighted by Gasteiger charge is 2.04. The fraction of sp³-hybridized carbons (Fsp3) is 0.154. The van der Waals surface area contributed by atoms with Crippen molar-refractivity contribution >= 4 is 17.1 Å². The Hall–Kier alpha value is -1.45. The van der Waals surface area contributed by atoms with Gasteiger partial charge in [-0.05, 0) is 22.4 Å². The summed E-state index contributed by atoms with van der Waals surface area (Å²) in [4.78, 5) is 11.7. The molecule has 0 aliphatic heterocycles. The van der Waals surface area contributed by atoms with Gasteiger partial charge in [-0.15, -0.1) is 0 Å². The molecule has 16 heavy (non-hydrogen) atoms. The summed E-state index contributed by atoms with van der Waals surface area (Å²) in [5.74, 6) is 0.0239. The molecular formula is C13H12O2S. The van der Waals surface area contributed by atoms with Gasteiger partial charge in [-0.2, -0.15) is 11.3 Å². The van der Waals surface area contributed by atoms with Gasteiger partial charge in [-0.1, -0.05) is 30.3 Å². The van der Waals surface area contributed by atoms with Crippen molar-refractivity contribution in [3.8, 4) is 0 Å². The fourth-order valence-corrected chi connectivity index (χ4v) is 2.00. The van der Waals surface area contributed by atoms with Crippen LogP contribution < -0.4 is 0 Å². The Kier molecular flexibility index (Phi) is 3.86. The van der Waals surface area contributed by atoms with Crippen LogP contribution >= 0.6 is 11.3 Å². The van der Waals surface area contributed by atoms with Gasteiger partial charge in [0, 0.05) is 5.56 Å². The van der Waals surface area contributed by atoms with Crippen LogP contribution in [-0.2, 0) is 11.3 Å². The molecular weight excluding hydrogens is 220 g/mol. The maximum Gasteiger partial charge on any atom is 0.188 e. The summed E-state index contributed by atoms with van der Waals surface area (Å²) in [5.41, 5.74) is 1.82. The van der Waals surface area contributed by atoms with Crippen molar-refractivity contribution in [3.05, 3.63) is 58.3 Å². The van der Waals surface area contributed by atoms with E-state index in [2.05, 4.69) is 0 Å². The topological polar surface area (TPSA) is 26.3 Å². The first-order valence-electron chi connectivity index (χ1n) is 5.03. The number of benzene rings is 1. The van der Waals surface area contributed by atoms with Crippen molar-refractivity contribution in [2.24, 2.45) is 0 Å². The summed E-state index contributed by atoms with van der Waals surface area (Å²) in [5, 5.41) is 4.02. The Morgan fingerprint density at radius 2 is 2.00 bits per heavy atom. The highest BCUT2D eigenvalue weighted by atomic mass is 32.1. The van der Waals surface area contributed by atoms with Crippen LogP contribution in [0, 0.1) is 0 Å². The first kappa shape index (κ1) is 11.0. The van der Waals surface area contributed by atoms with Crippen LogP contribution in [-0.4, -0.2) is 12.4 Å². The molecule has 0 aliphatic rings. The number of carbonyl (C=O) groups excluding carboxylic acids is 1. The molecule has 82 valence electrons. The molecule has 0 radical (unpaired) electrons. The van der Waals surface area contributed by atoms with E-state index in [0.29, 0.717) is 12.2 Å². The van der Waals surface area contributed by atoms with Gasteiger partial charge < -0.3 is 4.74 Å². The Labute approximate surface area is 98.5 Å². The van der Waals surface area contributed by atoms with E-state index in [4.69, 9.17) is 4.74 Å². The van der Waals surface area contributed by atoms with Crippen LogP contribution in [0.5, 0.6) is 0 Å². The molecule has 1 aromatic heterocycles. The van der Waals surface area contributed by atoms with Crippen molar-refractivity contribution in [1.82, 2.24) is 0 Å². The number of ketones is 1. The smallest absolute Gasteiger partial charge is 0.188 e. The lowest BCUT2D eigenvalue weighted by molar-refractivity contribution is 0.0727. The van der Waals surface area contributed by atoms with Crippen molar-refractivity contribution in [2.45, 2.75) is 6.61 Å². The number of rotatable bonds is 5. The van der Waals surface area contributed by atoms with Gasteiger partial charge in [0.1, 0.15) is 6.61 Å². The van der Waals surface area contributed by atoms with Crippen molar-refractivity contribution in [3.63, 3.8) is 0 Å². The summed E-state index contributed by atoms with van der Waals surface area (Å²) >= 11 is 1.63. The molecule has 1 aromatic carbocycles. The summed E-state index contributed by atoms with van der Waals surface area (Å²) in [6, 6.07) is 11.2. The summed E-state index contributed by atoms with van der Waals surface area (Å²) in [6.45, 7) is 0.641. The van der Waals surface area contributed by atoms with Crippen LogP contribution in [0.4, 0.5) is 0 Å². The van der Waals surface area contributed by atoms with Crippen molar-refractivity contribution in [1.29, 1.82) is 0 Å². The summed E-state index contributed by atoms with van der Waals surface area (Å²) < 4.78 is 5.35. The molecule has 0 saturated heterocycles. The molecule has 2 rings (SSSR count). The Morgan fingerprint density at radius 1 is 1.19 bits per heavy atom. The minimum Gasteiger partial charge on any atom is -0.369 e. The molecule has 0 N–H and O–H groups in total. The molecule has 0 unspecified atom stereocenters. The third kappa shape index (κ3) is 3.02. The van der Waals surface area contributed by atoms with Crippen LogP contribution in [0.1, 0.15) is 15.9 Å². The Balaban J connectivity index is 1.81. The van der Waals surface area contributed by atoms with Gasteiger partial charge in [0.05, 0.1) is 6.61 Å². The minimum absolute atomic E-state index is 0.0239. The predicted molar refractivity (Wildman–Crippen MR) is 64.7 cm³/mol. The number of ether oxygens (including phenoxy) is 1. The van der Waals surface area contributed by atoms with E-state index < -0.39 is 0 Å². The average molecular weight is 232 g/mol. The van der Waals surface area contributed by atoms with Gasteiger partial charge in [-0.25, -0.2) is 0 Å². The molecule has 0 atom stereocenters. The zero-order valence-corrected chi connectivity index (χ0v) is 9.57. The lowest BCUT2D eigenvalue weighted by Crippen LogP contribution is -2.08. The molecule has 0 bridgehead atoms. The van der Waals surface area contributed by atoms with Crippen LogP contribution in [0.25, 0.3) is 0 Å². The molecule has 2 nitrogen and oxygen atoms in total. The number of carbonyl (C=O) groups is 1. The molecule has 0 fully saturated rings. The molecule has 1 heterocycles. The zero-order valence-electron chi connectivity index (χ0n) is 8.76. The van der Waals surface area contributed by atoms with Gasteiger partial charge in [0.25, 0.3) is 0 Å². The lowest BCUT2D eigenvalue weighted by Gasteiger charge is -2.02. The Bertz CT molecular complexity index is 434. The quantitative estimate of drug-likeness (QED) is 0.740. The van der Waals surface area contributed by atoms with Gasteiger partial charge in [0.2, 0.25) is 0 Å².